The summed E-state index contributed by atoms with van der Waals surface area (Å²) in [6, 6.07) is 16.0. The van der Waals surface area contributed by atoms with Crippen molar-refractivity contribution < 1.29 is 14.3 Å². The topological polar surface area (TPSA) is 47.6 Å². The molecule has 0 spiro atoms. The maximum atomic E-state index is 12.3. The second kappa shape index (κ2) is 10.6. The summed E-state index contributed by atoms with van der Waals surface area (Å²) in [5.41, 5.74) is 2.32. The van der Waals surface area contributed by atoms with E-state index in [1.165, 1.54) is 5.56 Å². The first-order chi connectivity index (χ1) is 13.0. The molecule has 0 fully saturated rings. The monoisotopic (exact) mass is 369 g/mol. The fourth-order valence-corrected chi connectivity index (χ4v) is 2.85. The number of hydrogen-bond acceptors (Lipinski definition) is 3. The van der Waals surface area contributed by atoms with E-state index in [0.717, 1.165) is 36.3 Å². The van der Waals surface area contributed by atoms with Crippen molar-refractivity contribution in [1.29, 1.82) is 0 Å². The Labute approximate surface area is 162 Å². The highest BCUT2D eigenvalue weighted by Crippen LogP contribution is 2.20. The van der Waals surface area contributed by atoms with Gasteiger partial charge in [-0.25, -0.2) is 0 Å². The van der Waals surface area contributed by atoms with Crippen molar-refractivity contribution in [3.8, 4) is 11.5 Å². The molecule has 2 aromatic rings. The summed E-state index contributed by atoms with van der Waals surface area (Å²) < 4.78 is 11.6. The van der Waals surface area contributed by atoms with Crippen LogP contribution in [0.4, 0.5) is 0 Å². The molecule has 1 amide bonds. The molecule has 0 unspecified atom stereocenters. The molecule has 1 N–H and O–H groups in total. The van der Waals surface area contributed by atoms with E-state index in [4.69, 9.17) is 9.47 Å². The highest BCUT2D eigenvalue weighted by atomic mass is 16.5. The van der Waals surface area contributed by atoms with Crippen LogP contribution in [0, 0.1) is 0 Å². The molecule has 2 aromatic carbocycles. The van der Waals surface area contributed by atoms with E-state index in [-0.39, 0.29) is 12.0 Å². The minimum absolute atomic E-state index is 0.0854. The van der Waals surface area contributed by atoms with Crippen molar-refractivity contribution in [1.82, 2.24) is 5.32 Å². The van der Waals surface area contributed by atoms with Crippen LogP contribution in [-0.2, 0) is 17.6 Å². The van der Waals surface area contributed by atoms with E-state index in [2.05, 4.69) is 24.4 Å². The Hall–Kier alpha value is -2.49. The van der Waals surface area contributed by atoms with Crippen LogP contribution in [0.1, 0.15) is 45.2 Å². The van der Waals surface area contributed by atoms with Crippen LogP contribution in [0.15, 0.2) is 48.5 Å². The van der Waals surface area contributed by atoms with Gasteiger partial charge >= 0.3 is 0 Å². The van der Waals surface area contributed by atoms with E-state index in [1.54, 1.807) is 6.92 Å². The first-order valence-corrected chi connectivity index (χ1v) is 9.77. The third kappa shape index (κ3) is 6.97. The Balaban J connectivity index is 1.75. The molecule has 4 heteroatoms. The minimum Gasteiger partial charge on any atom is -0.491 e. The number of amides is 1. The van der Waals surface area contributed by atoms with Crippen LogP contribution in [0.3, 0.4) is 0 Å². The van der Waals surface area contributed by atoms with Crippen molar-refractivity contribution in [2.24, 2.45) is 0 Å². The van der Waals surface area contributed by atoms with Crippen molar-refractivity contribution >= 4 is 5.91 Å². The average Bonchev–Trinajstić information content (AvgIpc) is 2.65. The average molecular weight is 370 g/mol. The molecule has 27 heavy (non-hydrogen) atoms. The van der Waals surface area contributed by atoms with Gasteiger partial charge in [-0.1, -0.05) is 37.3 Å². The number of aryl methyl sites for hydroxylation is 2. The summed E-state index contributed by atoms with van der Waals surface area (Å²) >= 11 is 0. The van der Waals surface area contributed by atoms with Crippen molar-refractivity contribution in [2.45, 2.75) is 59.2 Å². The predicted octanol–water partition coefficient (Wildman–Crippen LogP) is 4.55. The number of para-hydroxylation sites is 1. The first kappa shape index (κ1) is 20.8. The Morgan fingerprint density at radius 3 is 2.56 bits per heavy atom. The van der Waals surface area contributed by atoms with Gasteiger partial charge in [-0.15, -0.1) is 0 Å². The van der Waals surface area contributed by atoms with Gasteiger partial charge in [-0.2, -0.15) is 0 Å². The van der Waals surface area contributed by atoms with E-state index in [1.807, 2.05) is 50.2 Å². The number of ether oxygens (including phenoxy) is 2. The molecule has 4 nitrogen and oxygen atoms in total. The lowest BCUT2D eigenvalue weighted by Gasteiger charge is -2.17. The predicted molar refractivity (Wildman–Crippen MR) is 109 cm³/mol. The van der Waals surface area contributed by atoms with Gasteiger partial charge in [0, 0.05) is 6.54 Å². The summed E-state index contributed by atoms with van der Waals surface area (Å²) in [7, 11) is 0. The van der Waals surface area contributed by atoms with Gasteiger partial charge in [-0.05, 0) is 69.4 Å². The van der Waals surface area contributed by atoms with Gasteiger partial charge in [0.05, 0.1) is 6.10 Å². The first-order valence-electron chi connectivity index (χ1n) is 9.77. The molecule has 2 rings (SSSR count). The fraction of sp³-hybridized carbons (Fsp3) is 0.435. The highest BCUT2D eigenvalue weighted by molar-refractivity contribution is 5.80. The van der Waals surface area contributed by atoms with Crippen LogP contribution < -0.4 is 14.8 Å². The van der Waals surface area contributed by atoms with Gasteiger partial charge in [0.2, 0.25) is 0 Å². The molecule has 0 radical (unpaired) electrons. The van der Waals surface area contributed by atoms with Gasteiger partial charge in [-0.3, -0.25) is 4.79 Å². The Kier molecular flexibility index (Phi) is 8.18. The molecule has 0 heterocycles. The van der Waals surface area contributed by atoms with E-state index in [0.29, 0.717) is 6.54 Å². The van der Waals surface area contributed by atoms with Gasteiger partial charge in [0.25, 0.3) is 5.91 Å². The zero-order chi connectivity index (χ0) is 19.6. The lowest BCUT2D eigenvalue weighted by Crippen LogP contribution is -2.37. The fourth-order valence-electron chi connectivity index (χ4n) is 2.85. The van der Waals surface area contributed by atoms with Crippen LogP contribution in [0.2, 0.25) is 0 Å². The quantitative estimate of drug-likeness (QED) is 0.625. The molecule has 0 aliphatic carbocycles. The summed E-state index contributed by atoms with van der Waals surface area (Å²) in [5.74, 6) is 1.59. The molecule has 0 saturated carbocycles. The van der Waals surface area contributed by atoms with Crippen LogP contribution in [0.5, 0.6) is 11.5 Å². The highest BCUT2D eigenvalue weighted by Gasteiger charge is 2.15. The molecule has 0 saturated heterocycles. The largest absolute Gasteiger partial charge is 0.491 e. The third-order valence-electron chi connectivity index (χ3n) is 4.24. The maximum Gasteiger partial charge on any atom is 0.260 e. The van der Waals surface area contributed by atoms with E-state index < -0.39 is 6.10 Å². The van der Waals surface area contributed by atoms with E-state index in [9.17, 15) is 4.79 Å². The van der Waals surface area contributed by atoms with Crippen LogP contribution in [0.25, 0.3) is 0 Å². The lowest BCUT2D eigenvalue weighted by molar-refractivity contribution is -0.127. The molecule has 146 valence electrons. The molecule has 1 atom stereocenters. The van der Waals surface area contributed by atoms with Crippen LogP contribution >= 0.6 is 0 Å². The Morgan fingerprint density at radius 2 is 1.81 bits per heavy atom. The third-order valence-corrected chi connectivity index (χ3v) is 4.24. The summed E-state index contributed by atoms with van der Waals surface area (Å²) in [5, 5.41) is 2.96. The number of rotatable bonds is 10. The van der Waals surface area contributed by atoms with Crippen molar-refractivity contribution in [3.63, 3.8) is 0 Å². The molecule has 0 aliphatic heterocycles. The van der Waals surface area contributed by atoms with Gasteiger partial charge in [0.1, 0.15) is 11.5 Å². The lowest BCUT2D eigenvalue weighted by atomic mass is 10.1. The molecular formula is C23H31NO3. The number of carbonyl (C=O) groups is 1. The SMILES string of the molecule is CCc1ccccc1O[C@@H](C)C(=O)NCCCc1cccc(OC(C)C)c1. The summed E-state index contributed by atoms with van der Waals surface area (Å²) in [6.07, 6.45) is 2.29. The zero-order valence-electron chi connectivity index (χ0n) is 16.8. The Morgan fingerprint density at radius 1 is 1.04 bits per heavy atom. The second-order valence-electron chi connectivity index (χ2n) is 6.93. The number of nitrogens with one attached hydrogen (secondary N) is 1. The maximum absolute atomic E-state index is 12.3. The molecular weight excluding hydrogens is 338 g/mol. The zero-order valence-corrected chi connectivity index (χ0v) is 16.8. The standard InChI is InChI=1S/C23H31NO3/c1-5-20-12-6-7-14-22(20)27-18(4)23(25)24-15-9-11-19-10-8-13-21(16-19)26-17(2)3/h6-8,10,12-14,16-18H,5,9,11,15H2,1-4H3,(H,24,25)/t18-/m0/s1. The number of benzene rings is 2. The van der Waals surface area contributed by atoms with E-state index >= 15 is 0 Å². The molecule has 0 aromatic heterocycles. The smallest absolute Gasteiger partial charge is 0.260 e. The van der Waals surface area contributed by atoms with Gasteiger partial charge < -0.3 is 14.8 Å². The summed E-state index contributed by atoms with van der Waals surface area (Å²) in [6.45, 7) is 8.52. The van der Waals surface area contributed by atoms with Crippen molar-refractivity contribution in [3.05, 3.63) is 59.7 Å². The number of carbonyl (C=O) groups excluding carboxylic acids is 1. The van der Waals surface area contributed by atoms with Crippen LogP contribution in [-0.4, -0.2) is 24.7 Å². The Bertz CT molecular complexity index is 727. The second-order valence-corrected chi connectivity index (χ2v) is 6.93. The summed E-state index contributed by atoms with van der Waals surface area (Å²) in [4.78, 5) is 12.3. The van der Waals surface area contributed by atoms with Crippen molar-refractivity contribution in [2.75, 3.05) is 6.54 Å². The minimum atomic E-state index is -0.513. The molecule has 0 bridgehead atoms. The normalized spacial score (nSPS) is 11.9. The number of hydrogen-bond donors (Lipinski definition) is 1. The molecule has 0 aliphatic rings. The van der Waals surface area contributed by atoms with Gasteiger partial charge in [0.15, 0.2) is 6.10 Å².